The molecule has 0 N–H and O–H groups in total. The third kappa shape index (κ3) is 9.81. The number of allylic oxidation sites excluding steroid dienone is 1. The van der Waals surface area contributed by atoms with Gasteiger partial charge in [0.05, 0.1) is 27.4 Å². The van der Waals surface area contributed by atoms with E-state index in [1.165, 1.54) is 11.1 Å². The van der Waals surface area contributed by atoms with Crippen molar-refractivity contribution >= 4 is 46.9 Å². The first-order valence-electron chi connectivity index (χ1n) is 19.3. The molecule has 2 unspecified atom stereocenters. The normalized spacial score (nSPS) is 21.0. The summed E-state index contributed by atoms with van der Waals surface area (Å²) < 4.78 is 23.5. The summed E-state index contributed by atoms with van der Waals surface area (Å²) in [6, 6.07) is 23.4. The largest absolute Gasteiger partial charge is 0.493 e. The summed E-state index contributed by atoms with van der Waals surface area (Å²) in [4.78, 5) is 28.4. The fourth-order valence-electron chi connectivity index (χ4n) is 8.39. The number of hydrogen-bond donors (Lipinski definition) is 0. The van der Waals surface area contributed by atoms with Crippen molar-refractivity contribution in [2.75, 3.05) is 46.8 Å². The fraction of sp³-hybridized carbons (Fsp3) is 0.500. The summed E-state index contributed by atoms with van der Waals surface area (Å²) in [5.74, 6) is 4.74. The van der Waals surface area contributed by atoms with E-state index in [2.05, 4.69) is 72.6 Å². The molecule has 3 aromatic carbocycles. The van der Waals surface area contributed by atoms with Crippen molar-refractivity contribution in [2.45, 2.75) is 86.0 Å². The van der Waals surface area contributed by atoms with Gasteiger partial charge in [-0.15, -0.1) is 0 Å². The second-order valence-corrected chi connectivity index (χ2v) is 17.5. The van der Waals surface area contributed by atoms with Crippen LogP contribution in [0.25, 0.3) is 0 Å². The number of nitrogens with zero attached hydrogens (tertiary/aromatic N) is 1. The number of esters is 1. The zero-order valence-corrected chi connectivity index (χ0v) is 34.2. The second kappa shape index (κ2) is 19.7. The lowest BCUT2D eigenvalue weighted by atomic mass is 9.53. The van der Waals surface area contributed by atoms with Crippen molar-refractivity contribution in [1.29, 1.82) is 0 Å². The molecule has 3 aliphatic rings. The molecular weight excluding hydrogens is 738 g/mol. The lowest BCUT2D eigenvalue weighted by Crippen LogP contribution is -2.60. The van der Waals surface area contributed by atoms with E-state index in [4.69, 9.17) is 30.5 Å². The minimum atomic E-state index is -0.454. The highest BCUT2D eigenvalue weighted by atomic mass is 35.5. The first-order chi connectivity index (χ1) is 26.3. The third-order valence-electron chi connectivity index (χ3n) is 11.2. The van der Waals surface area contributed by atoms with Crippen molar-refractivity contribution in [1.82, 2.24) is 4.90 Å². The Balaban J connectivity index is 0.980. The Morgan fingerprint density at radius 1 is 0.963 bits per heavy atom. The second-order valence-electron chi connectivity index (χ2n) is 14.7. The number of benzene rings is 3. The van der Waals surface area contributed by atoms with Crippen molar-refractivity contribution in [3.63, 3.8) is 0 Å². The van der Waals surface area contributed by atoms with E-state index in [0.29, 0.717) is 53.4 Å². The van der Waals surface area contributed by atoms with Crippen molar-refractivity contribution in [3.8, 4) is 11.5 Å². The first-order valence-corrected chi connectivity index (χ1v) is 21.9. The molecule has 7 nitrogen and oxygen atoms in total. The van der Waals surface area contributed by atoms with Gasteiger partial charge < -0.3 is 23.8 Å². The van der Waals surface area contributed by atoms with Gasteiger partial charge in [-0.1, -0.05) is 78.7 Å². The first kappa shape index (κ1) is 40.6. The average molecular weight is 793 g/mol. The van der Waals surface area contributed by atoms with Gasteiger partial charge in [-0.05, 0) is 74.2 Å². The Morgan fingerprint density at radius 3 is 2.43 bits per heavy atom. The van der Waals surface area contributed by atoms with Crippen LogP contribution in [0.5, 0.6) is 11.5 Å². The number of piperidine rings is 1. The number of hydrogen-bond acceptors (Lipinski definition) is 9. The molecule has 2 aliphatic carbocycles. The van der Waals surface area contributed by atoms with Crippen LogP contribution in [0.15, 0.2) is 78.6 Å². The molecule has 1 fully saturated rings. The van der Waals surface area contributed by atoms with Crippen LogP contribution in [0.4, 0.5) is 0 Å². The van der Waals surface area contributed by atoms with Crippen LogP contribution in [0, 0.1) is 5.92 Å². The topological polar surface area (TPSA) is 74.3 Å². The molecule has 290 valence electrons. The molecule has 0 amide bonds. The van der Waals surface area contributed by atoms with Crippen LogP contribution in [0.2, 0.25) is 5.02 Å². The van der Waals surface area contributed by atoms with E-state index in [-0.39, 0.29) is 30.3 Å². The van der Waals surface area contributed by atoms with E-state index in [9.17, 15) is 9.59 Å². The van der Waals surface area contributed by atoms with Gasteiger partial charge in [-0.2, -0.15) is 23.5 Å². The predicted octanol–water partition coefficient (Wildman–Crippen LogP) is 9.46. The molecular formula is C44H54ClNO6S2. The molecule has 0 aromatic heterocycles. The van der Waals surface area contributed by atoms with Gasteiger partial charge in [0.1, 0.15) is 0 Å². The molecule has 4 atom stereocenters. The lowest BCUT2D eigenvalue weighted by Gasteiger charge is -2.56. The summed E-state index contributed by atoms with van der Waals surface area (Å²) in [6.07, 6.45) is 8.94. The van der Waals surface area contributed by atoms with Crippen molar-refractivity contribution in [2.24, 2.45) is 5.92 Å². The molecule has 0 radical (unpaired) electrons. The maximum absolute atomic E-state index is 13.3. The standard InChI is InChI=1S/C44H54ClNO6S2/c1-46-21-20-44-28-38(47)39(49-2)26-35(44)37(46)25-34-36(45)27-40(50-3)43(42(34)44)52-23-12-22-51-41(48)18-11-10-17-33(54-30-32-15-8-5-9-16-32)19-24-53-29-31-13-6-4-7-14-31/h4-9,13-16,26-27,33,35,37H,10-12,17-25,28-30H2,1-3H3/t33?,35?,37-,44+/m0/s1. The maximum atomic E-state index is 13.3. The highest BCUT2D eigenvalue weighted by Crippen LogP contribution is 2.59. The van der Waals surface area contributed by atoms with Gasteiger partial charge in [-0.25, -0.2) is 0 Å². The van der Waals surface area contributed by atoms with Crippen LogP contribution in [0.3, 0.4) is 0 Å². The maximum Gasteiger partial charge on any atom is 0.305 e. The van der Waals surface area contributed by atoms with Crippen LogP contribution in [-0.2, 0) is 42.4 Å². The molecule has 1 aliphatic heterocycles. The number of fused-ring (bicyclic) bond motifs is 1. The van der Waals surface area contributed by atoms with E-state index < -0.39 is 5.41 Å². The number of Topliss-reactive ketones (excluding diaryl/α,β-unsaturated/α-hetero) is 1. The Kier molecular flexibility index (Phi) is 14.8. The van der Waals surface area contributed by atoms with Crippen molar-refractivity contribution in [3.05, 3.63) is 106 Å². The Hall–Kier alpha value is -3.11. The molecule has 0 saturated carbocycles. The minimum absolute atomic E-state index is 0.000931. The smallest absolute Gasteiger partial charge is 0.305 e. The number of ketones is 1. The van der Waals surface area contributed by atoms with E-state index in [1.807, 2.05) is 35.7 Å². The zero-order chi connectivity index (χ0) is 37.9. The van der Waals surface area contributed by atoms with E-state index >= 15 is 0 Å². The zero-order valence-electron chi connectivity index (χ0n) is 31.9. The van der Waals surface area contributed by atoms with Crippen molar-refractivity contribution < 1.29 is 28.5 Å². The molecule has 2 bridgehead atoms. The number of carbonyl (C=O) groups is 2. The van der Waals surface area contributed by atoms with Gasteiger partial charge in [-0.3, -0.25) is 9.59 Å². The molecule has 54 heavy (non-hydrogen) atoms. The SMILES string of the molecule is COC1=CC2[C@@H]3Cc4c(Cl)cc(OC)c(OCCCOC(=O)CCCCC(CCSCc5ccccc5)SCc5ccccc5)c4[C@]2(CCN3C)CC1=O. The minimum Gasteiger partial charge on any atom is -0.493 e. The Bertz CT molecular complexity index is 1740. The molecule has 1 saturated heterocycles. The number of carbonyl (C=O) groups excluding carboxylic acids is 2. The van der Waals surface area contributed by atoms with Crippen LogP contribution < -0.4 is 9.47 Å². The fourth-order valence-corrected chi connectivity index (χ4v) is 11.1. The monoisotopic (exact) mass is 791 g/mol. The number of likely N-dealkylation sites (N-methyl/N-ethyl adjacent to an activating group) is 1. The number of methoxy groups -OCH3 is 2. The number of ether oxygens (including phenoxy) is 4. The predicted molar refractivity (Wildman–Crippen MR) is 221 cm³/mol. The van der Waals surface area contributed by atoms with Gasteiger partial charge in [0, 0.05) is 70.0 Å². The summed E-state index contributed by atoms with van der Waals surface area (Å²) >= 11 is 10.9. The molecule has 3 aromatic rings. The van der Waals surface area contributed by atoms with Crippen LogP contribution in [0.1, 0.15) is 73.6 Å². The summed E-state index contributed by atoms with van der Waals surface area (Å²) in [5, 5.41) is 1.19. The molecule has 1 heterocycles. The highest BCUT2D eigenvalue weighted by Gasteiger charge is 2.57. The number of likely N-dealkylation sites (tertiary alicyclic amines) is 1. The van der Waals surface area contributed by atoms with E-state index in [1.54, 1.807) is 14.2 Å². The average Bonchev–Trinajstić information content (AvgIpc) is 3.19. The lowest BCUT2D eigenvalue weighted by molar-refractivity contribution is -0.144. The van der Waals surface area contributed by atoms with Gasteiger partial charge in [0.25, 0.3) is 0 Å². The number of thioether (sulfide) groups is 2. The molecule has 10 heteroatoms. The van der Waals surface area contributed by atoms with Crippen LogP contribution >= 0.6 is 35.1 Å². The molecule has 6 rings (SSSR count). The van der Waals surface area contributed by atoms with E-state index in [0.717, 1.165) is 73.5 Å². The number of unbranched alkanes of at least 4 members (excludes halogenated alkanes) is 1. The summed E-state index contributed by atoms with van der Waals surface area (Å²) in [5.41, 5.74) is 4.29. The third-order valence-corrected chi connectivity index (χ3v) is 14.1. The Morgan fingerprint density at radius 2 is 1.70 bits per heavy atom. The number of rotatable bonds is 20. The van der Waals surface area contributed by atoms with Crippen LogP contribution in [-0.4, -0.2) is 74.7 Å². The van der Waals surface area contributed by atoms with Gasteiger partial charge >= 0.3 is 5.97 Å². The Labute approximate surface area is 334 Å². The highest BCUT2D eigenvalue weighted by molar-refractivity contribution is 7.99. The molecule has 0 spiro atoms. The van der Waals surface area contributed by atoms with Gasteiger partial charge in [0.2, 0.25) is 0 Å². The summed E-state index contributed by atoms with van der Waals surface area (Å²) in [7, 11) is 5.33. The van der Waals surface area contributed by atoms with Gasteiger partial charge in [0.15, 0.2) is 23.0 Å². The number of halogens is 1. The quantitative estimate of drug-likeness (QED) is 0.0822. The summed E-state index contributed by atoms with van der Waals surface area (Å²) in [6.45, 7) is 1.50.